The van der Waals surface area contributed by atoms with Crippen LogP contribution in [0, 0.1) is 0 Å². The average molecular weight is 309 g/mol. The van der Waals surface area contributed by atoms with Crippen molar-refractivity contribution in [3.63, 3.8) is 0 Å². The molecule has 1 heterocycles. The maximum absolute atomic E-state index is 7.75. The van der Waals surface area contributed by atoms with Gasteiger partial charge >= 0.3 is 0 Å². The summed E-state index contributed by atoms with van der Waals surface area (Å²) in [4.78, 5) is 23.2. The van der Waals surface area contributed by atoms with Gasteiger partial charge in [0.15, 0.2) is 0 Å². The summed E-state index contributed by atoms with van der Waals surface area (Å²) in [5.41, 5.74) is 0. The summed E-state index contributed by atoms with van der Waals surface area (Å²) >= 11 is 0. The first-order valence-electron chi connectivity index (χ1n) is 4.10. The predicted octanol–water partition coefficient (Wildman–Crippen LogP) is 0.296. The summed E-state index contributed by atoms with van der Waals surface area (Å²) in [6.07, 6.45) is 0. The molecule has 7 heteroatoms. The molecule has 16 heavy (non-hydrogen) atoms. The molecule has 0 bridgehead atoms. The van der Waals surface area contributed by atoms with Crippen molar-refractivity contribution >= 4 is 20.4 Å². The van der Waals surface area contributed by atoms with Crippen molar-refractivity contribution in [3.8, 4) is 0 Å². The van der Waals surface area contributed by atoms with Crippen LogP contribution in [-0.4, -0.2) is 59.6 Å². The van der Waals surface area contributed by atoms with E-state index < -0.39 is 0 Å². The van der Waals surface area contributed by atoms with Crippen molar-refractivity contribution < 1.29 is 35.4 Å². The molecule has 6 nitrogen and oxygen atoms in total. The van der Waals surface area contributed by atoms with E-state index in [9.17, 15) is 0 Å². The number of hydrogen-bond donors (Lipinski definition) is 0. The quantitative estimate of drug-likeness (QED) is 0.366. The Morgan fingerprint density at radius 1 is 0.500 bits per heavy atom. The molecule has 0 amide bonds. The number of nitrogens with zero attached hydrogens (tertiary/aromatic N) is 3. The second kappa shape index (κ2) is 36.5. The molecule has 0 spiro atoms. The number of rotatable bonds is 0. The minimum absolute atomic E-state index is 0. The summed E-state index contributed by atoms with van der Waals surface area (Å²) in [5, 5.41) is 12.6. The fraction of sp³-hybridized carbons (Fsp3) is 0.667. The zero-order chi connectivity index (χ0) is 12.4. The third kappa shape index (κ3) is 29.2. The van der Waals surface area contributed by atoms with E-state index in [1.807, 2.05) is 0 Å². The van der Waals surface area contributed by atoms with Gasteiger partial charge in [0.2, 0.25) is 0 Å². The molecule has 1 rings (SSSR count). The van der Waals surface area contributed by atoms with Crippen molar-refractivity contribution in [2.24, 2.45) is 0 Å². The molecule has 0 aromatic rings. The van der Waals surface area contributed by atoms with E-state index in [4.69, 9.17) is 14.4 Å². The zero-order valence-corrected chi connectivity index (χ0v) is 11.0. The van der Waals surface area contributed by atoms with Gasteiger partial charge in [-0.1, -0.05) is 0 Å². The average Bonchev–Trinajstić information content (AvgIpc) is 2.52. The van der Waals surface area contributed by atoms with Crippen LogP contribution in [0.25, 0.3) is 16.0 Å². The topological polar surface area (TPSA) is 93.5 Å². The molecule has 0 saturated carbocycles. The second-order valence-electron chi connectivity index (χ2n) is 2.01. The van der Waals surface area contributed by atoms with Crippen LogP contribution in [0.15, 0.2) is 0 Å². The van der Waals surface area contributed by atoms with Gasteiger partial charge in [-0.3, -0.25) is 20.4 Å². The van der Waals surface area contributed by atoms with E-state index >= 15 is 0 Å². The summed E-state index contributed by atoms with van der Waals surface area (Å²) in [7, 11) is 0. The third-order valence-electron chi connectivity index (χ3n) is 1.25. The minimum atomic E-state index is 0. The first-order valence-corrected chi connectivity index (χ1v) is 4.10. The molecule has 1 aliphatic heterocycles. The van der Waals surface area contributed by atoms with Crippen LogP contribution in [0.1, 0.15) is 0 Å². The Morgan fingerprint density at radius 3 is 0.750 bits per heavy atom. The molecule has 0 unspecified atom stereocenters. The molecule has 0 N–H and O–H groups in total. The monoisotopic (exact) mass is 311 g/mol. The van der Waals surface area contributed by atoms with E-state index in [2.05, 4.69) is 36.3 Å². The fourth-order valence-corrected chi connectivity index (χ4v) is 0.760. The van der Waals surface area contributed by atoms with E-state index in [-0.39, 0.29) is 21.1 Å². The van der Waals surface area contributed by atoms with Crippen LogP contribution in [0.3, 0.4) is 0 Å². The van der Waals surface area contributed by atoms with E-state index in [0.717, 1.165) is 39.3 Å². The standard InChI is InChI=1S/C6H12N3.3CHO.Mo/c1-2-8-5-6-9-4-3-7-1;3*1-2;/h1-6H2;3*1H;/q-3;3*-1;. The van der Waals surface area contributed by atoms with Crippen molar-refractivity contribution in [1.82, 2.24) is 0 Å². The summed E-state index contributed by atoms with van der Waals surface area (Å²) < 4.78 is 0. The fourth-order valence-electron chi connectivity index (χ4n) is 0.760. The first kappa shape index (κ1) is 24.7. The van der Waals surface area contributed by atoms with Gasteiger partial charge in [0.25, 0.3) is 0 Å². The summed E-state index contributed by atoms with van der Waals surface area (Å²) in [5.74, 6) is 0. The van der Waals surface area contributed by atoms with Crippen molar-refractivity contribution in [2.45, 2.75) is 0 Å². The summed E-state index contributed by atoms with van der Waals surface area (Å²) in [6, 6.07) is 0. The van der Waals surface area contributed by atoms with Gasteiger partial charge in [-0.25, -0.2) is 0 Å². The molecule has 0 aromatic carbocycles. The van der Waals surface area contributed by atoms with Gasteiger partial charge in [-0.15, -0.1) is 0 Å². The van der Waals surface area contributed by atoms with Gasteiger partial charge in [-0.05, 0) is 0 Å². The Balaban J connectivity index is -0.0000000900. The van der Waals surface area contributed by atoms with Crippen LogP contribution < -0.4 is 0 Å². The van der Waals surface area contributed by atoms with Crippen molar-refractivity contribution in [2.75, 3.05) is 39.3 Å². The van der Waals surface area contributed by atoms with Crippen molar-refractivity contribution in [1.29, 1.82) is 0 Å². The number of carbonyl (C=O) groups excluding carboxylic acids is 3. The molecule has 0 aromatic heterocycles. The van der Waals surface area contributed by atoms with E-state index in [0.29, 0.717) is 0 Å². The maximum Gasteiger partial charge on any atom is 0 e. The molecule has 96 valence electrons. The van der Waals surface area contributed by atoms with Gasteiger partial charge in [0, 0.05) is 21.1 Å². The molecule has 1 saturated heterocycles. The van der Waals surface area contributed by atoms with Crippen LogP contribution >= 0.6 is 0 Å². The number of hydrogen-bond acceptors (Lipinski definition) is 3. The molecule has 1 fully saturated rings. The molecular formula is C9H15MoN3O3-6. The predicted molar refractivity (Wildman–Crippen MR) is 59.5 cm³/mol. The SMILES string of the molecule is C1C[N-]CC[N-]CC[N-]1.[CH-]=O.[CH-]=O.[CH-]=O.[Mo]. The Kier molecular flexibility index (Phi) is 56.4. The molecule has 0 aliphatic carbocycles. The Hall–Kier alpha value is -0.422. The van der Waals surface area contributed by atoms with Gasteiger partial charge in [0.05, 0.1) is 0 Å². The van der Waals surface area contributed by atoms with E-state index in [1.165, 1.54) is 0 Å². The Morgan fingerprint density at radius 2 is 0.625 bits per heavy atom. The van der Waals surface area contributed by atoms with Crippen LogP contribution in [0.2, 0.25) is 0 Å². The second-order valence-corrected chi connectivity index (χ2v) is 2.01. The maximum atomic E-state index is 7.75. The van der Waals surface area contributed by atoms with Gasteiger partial charge in [-0.2, -0.15) is 39.3 Å². The van der Waals surface area contributed by atoms with Crippen LogP contribution in [-0.2, 0) is 35.4 Å². The minimum Gasteiger partial charge on any atom is -0.665 e. The van der Waals surface area contributed by atoms with Crippen LogP contribution in [0.4, 0.5) is 0 Å². The first-order chi connectivity index (χ1) is 7.50. The molecule has 1 aliphatic rings. The van der Waals surface area contributed by atoms with Gasteiger partial charge in [0.1, 0.15) is 0 Å². The molecule has 0 radical (unpaired) electrons. The smallest absolute Gasteiger partial charge is 0 e. The zero-order valence-electron chi connectivity index (χ0n) is 8.95. The Bertz CT molecular complexity index is 78.7. The third-order valence-corrected chi connectivity index (χ3v) is 1.25. The largest absolute Gasteiger partial charge is 0.665 e. The Labute approximate surface area is 111 Å². The van der Waals surface area contributed by atoms with Gasteiger partial charge < -0.3 is 30.3 Å². The molecule has 0 atom stereocenters. The van der Waals surface area contributed by atoms with Crippen molar-refractivity contribution in [3.05, 3.63) is 16.0 Å². The van der Waals surface area contributed by atoms with E-state index in [1.54, 1.807) is 0 Å². The molecular weight excluding hydrogens is 294 g/mol. The normalized spacial score (nSPS) is 14.2. The van der Waals surface area contributed by atoms with Crippen LogP contribution in [0.5, 0.6) is 0 Å². The summed E-state index contributed by atoms with van der Waals surface area (Å²) in [6.45, 7) is 15.1.